The molecule has 0 fully saturated rings. The molecular weight excluding hydrogens is 593 g/mol. The van der Waals surface area contributed by atoms with Gasteiger partial charge < -0.3 is 10.2 Å². The molecule has 0 aromatic heterocycles. The van der Waals surface area contributed by atoms with Crippen molar-refractivity contribution in [1.29, 1.82) is 0 Å². The first kappa shape index (κ1) is 31.7. The average molecular weight is 625 g/mol. The third kappa shape index (κ3) is 7.69. The van der Waals surface area contributed by atoms with E-state index in [1.807, 2.05) is 13.8 Å². The molecule has 0 aliphatic rings. The molecule has 1 N–H and O–H groups in total. The fourth-order valence-electron chi connectivity index (χ4n) is 4.01. The van der Waals surface area contributed by atoms with Crippen molar-refractivity contribution in [2.45, 2.75) is 57.6 Å². The topological polar surface area (TPSA) is 86.8 Å². The van der Waals surface area contributed by atoms with Gasteiger partial charge in [-0.05, 0) is 80.8 Å². The van der Waals surface area contributed by atoms with E-state index < -0.39 is 28.5 Å². The molecule has 2 atom stereocenters. The number of carbonyl (C=O) groups excluding carboxylic acids is 2. The predicted octanol–water partition coefficient (Wildman–Crippen LogP) is 6.48. The van der Waals surface area contributed by atoms with Gasteiger partial charge in [-0.25, -0.2) is 8.42 Å². The molecule has 0 aliphatic heterocycles. The zero-order valence-electron chi connectivity index (χ0n) is 22.7. The van der Waals surface area contributed by atoms with Gasteiger partial charge in [0.25, 0.3) is 10.0 Å². The molecule has 3 aromatic carbocycles. The van der Waals surface area contributed by atoms with Crippen LogP contribution in [-0.4, -0.2) is 43.8 Å². The monoisotopic (exact) mass is 623 g/mol. The van der Waals surface area contributed by atoms with Gasteiger partial charge in [-0.1, -0.05) is 66.0 Å². The molecule has 0 bridgehead atoms. The van der Waals surface area contributed by atoms with Crippen LogP contribution in [0.15, 0.2) is 71.6 Å². The molecule has 40 heavy (non-hydrogen) atoms. The number of hydrogen-bond donors (Lipinski definition) is 1. The van der Waals surface area contributed by atoms with Crippen LogP contribution in [0.25, 0.3) is 0 Å². The SMILES string of the molecule is CC[C@@H](C)NC(=O)[C@H](C)N(Cc1ccc(Cl)c(Cl)c1)C(=O)CN(c1ccc(Cl)cc1C)S(=O)(=O)c1ccccc1. The van der Waals surface area contributed by atoms with Crippen molar-refractivity contribution >= 4 is 62.3 Å². The molecule has 0 unspecified atom stereocenters. The molecule has 0 heterocycles. The molecule has 0 radical (unpaired) electrons. The summed E-state index contributed by atoms with van der Waals surface area (Å²) < 4.78 is 28.8. The van der Waals surface area contributed by atoms with Gasteiger partial charge in [0.1, 0.15) is 12.6 Å². The maximum Gasteiger partial charge on any atom is 0.264 e. The predicted molar refractivity (Wildman–Crippen MR) is 162 cm³/mol. The minimum Gasteiger partial charge on any atom is -0.352 e. The van der Waals surface area contributed by atoms with Gasteiger partial charge in [0.15, 0.2) is 0 Å². The highest BCUT2D eigenvalue weighted by molar-refractivity contribution is 7.92. The smallest absolute Gasteiger partial charge is 0.264 e. The molecule has 2 amide bonds. The number of sulfonamides is 1. The van der Waals surface area contributed by atoms with Crippen molar-refractivity contribution in [2.24, 2.45) is 0 Å². The Morgan fingerprint density at radius 1 is 0.925 bits per heavy atom. The van der Waals surface area contributed by atoms with Crippen LogP contribution in [0, 0.1) is 6.92 Å². The Kier molecular flexibility index (Phi) is 10.9. The summed E-state index contributed by atoms with van der Waals surface area (Å²) in [7, 11) is -4.17. The average Bonchev–Trinajstić information content (AvgIpc) is 2.92. The Hall–Kier alpha value is -2.78. The number of halogens is 3. The molecular formula is C29H32Cl3N3O4S. The zero-order valence-corrected chi connectivity index (χ0v) is 25.8. The van der Waals surface area contributed by atoms with E-state index in [1.54, 1.807) is 68.4 Å². The summed E-state index contributed by atoms with van der Waals surface area (Å²) >= 11 is 18.4. The fraction of sp³-hybridized carbons (Fsp3) is 0.310. The highest BCUT2D eigenvalue weighted by atomic mass is 35.5. The van der Waals surface area contributed by atoms with Crippen molar-refractivity contribution < 1.29 is 18.0 Å². The first-order valence-electron chi connectivity index (χ1n) is 12.7. The summed E-state index contributed by atoms with van der Waals surface area (Å²) in [6.07, 6.45) is 0.706. The Balaban J connectivity index is 2.06. The standard InChI is InChI=1S/C29H32Cl3N3O4S/c1-5-20(3)33-29(37)21(4)34(17-22-11-13-25(31)26(32)16-22)28(36)18-35(27-14-12-23(30)15-19(27)2)40(38,39)24-9-7-6-8-10-24/h6-16,20-21H,5,17-18H2,1-4H3,(H,33,37)/t20-,21+/m1/s1. The molecule has 7 nitrogen and oxygen atoms in total. The molecule has 3 aromatic rings. The summed E-state index contributed by atoms with van der Waals surface area (Å²) in [5.41, 5.74) is 1.50. The summed E-state index contributed by atoms with van der Waals surface area (Å²) in [5.74, 6) is -0.936. The lowest BCUT2D eigenvalue weighted by Crippen LogP contribution is -2.52. The molecule has 0 aliphatic carbocycles. The van der Waals surface area contributed by atoms with Crippen molar-refractivity contribution in [1.82, 2.24) is 10.2 Å². The van der Waals surface area contributed by atoms with E-state index in [0.717, 1.165) is 4.31 Å². The van der Waals surface area contributed by atoms with Crippen molar-refractivity contribution in [3.05, 3.63) is 92.9 Å². The Bertz CT molecular complexity index is 1470. The van der Waals surface area contributed by atoms with E-state index in [4.69, 9.17) is 34.8 Å². The second kappa shape index (κ2) is 13.7. The summed E-state index contributed by atoms with van der Waals surface area (Å²) in [6, 6.07) is 16.5. The second-order valence-corrected chi connectivity index (χ2v) is 12.6. The van der Waals surface area contributed by atoms with Gasteiger partial charge in [-0.15, -0.1) is 0 Å². The molecule has 0 saturated carbocycles. The normalized spacial score (nSPS) is 12.9. The third-order valence-electron chi connectivity index (χ3n) is 6.54. The lowest BCUT2D eigenvalue weighted by atomic mass is 10.1. The first-order chi connectivity index (χ1) is 18.8. The van der Waals surface area contributed by atoms with E-state index in [1.165, 1.54) is 17.0 Å². The number of nitrogens with one attached hydrogen (secondary N) is 1. The van der Waals surface area contributed by atoms with Crippen LogP contribution < -0.4 is 9.62 Å². The Morgan fingerprint density at radius 2 is 1.60 bits per heavy atom. The molecule has 0 saturated heterocycles. The molecule has 214 valence electrons. The molecule has 11 heteroatoms. The number of amides is 2. The third-order valence-corrected chi connectivity index (χ3v) is 9.29. The molecule has 3 rings (SSSR count). The summed E-state index contributed by atoms with van der Waals surface area (Å²) in [6.45, 7) is 6.58. The van der Waals surface area contributed by atoms with Crippen LogP contribution >= 0.6 is 34.8 Å². The maximum atomic E-state index is 14.0. The largest absolute Gasteiger partial charge is 0.352 e. The van der Waals surface area contributed by atoms with Gasteiger partial charge in [0.2, 0.25) is 11.8 Å². The second-order valence-electron chi connectivity index (χ2n) is 9.52. The van der Waals surface area contributed by atoms with Crippen molar-refractivity contribution in [2.75, 3.05) is 10.8 Å². The number of benzene rings is 3. The van der Waals surface area contributed by atoms with Crippen LogP contribution in [0.3, 0.4) is 0 Å². The number of anilines is 1. The van der Waals surface area contributed by atoms with Crippen LogP contribution in [0.5, 0.6) is 0 Å². The zero-order chi connectivity index (χ0) is 29.6. The number of nitrogens with zero attached hydrogens (tertiary/aromatic N) is 2. The Morgan fingerprint density at radius 3 is 2.20 bits per heavy atom. The van der Waals surface area contributed by atoms with Gasteiger partial charge in [-0.3, -0.25) is 13.9 Å². The number of hydrogen-bond acceptors (Lipinski definition) is 4. The quantitative estimate of drug-likeness (QED) is 0.265. The number of aryl methyl sites for hydroxylation is 1. The van der Waals surface area contributed by atoms with E-state index in [0.29, 0.717) is 38.3 Å². The van der Waals surface area contributed by atoms with Crippen LogP contribution in [-0.2, 0) is 26.2 Å². The fourth-order valence-corrected chi connectivity index (χ4v) is 6.06. The highest BCUT2D eigenvalue weighted by Gasteiger charge is 2.33. The van der Waals surface area contributed by atoms with E-state index >= 15 is 0 Å². The minimum absolute atomic E-state index is 0.00361. The lowest BCUT2D eigenvalue weighted by Gasteiger charge is -2.33. The first-order valence-corrected chi connectivity index (χ1v) is 15.3. The van der Waals surface area contributed by atoms with E-state index in [-0.39, 0.29) is 23.4 Å². The van der Waals surface area contributed by atoms with E-state index in [9.17, 15) is 18.0 Å². The summed E-state index contributed by atoms with van der Waals surface area (Å²) in [4.78, 5) is 28.5. The van der Waals surface area contributed by atoms with Crippen LogP contribution in [0.4, 0.5) is 5.69 Å². The number of rotatable bonds is 11. The van der Waals surface area contributed by atoms with Gasteiger partial charge >= 0.3 is 0 Å². The Labute approximate surface area is 251 Å². The van der Waals surface area contributed by atoms with Crippen molar-refractivity contribution in [3.8, 4) is 0 Å². The van der Waals surface area contributed by atoms with Crippen molar-refractivity contribution in [3.63, 3.8) is 0 Å². The lowest BCUT2D eigenvalue weighted by molar-refractivity contribution is -0.139. The maximum absolute atomic E-state index is 14.0. The molecule has 0 spiro atoms. The highest BCUT2D eigenvalue weighted by Crippen LogP contribution is 2.30. The van der Waals surface area contributed by atoms with Gasteiger partial charge in [-0.2, -0.15) is 0 Å². The van der Waals surface area contributed by atoms with Crippen LogP contribution in [0.1, 0.15) is 38.3 Å². The minimum atomic E-state index is -4.17. The van der Waals surface area contributed by atoms with E-state index in [2.05, 4.69) is 5.32 Å². The number of carbonyl (C=O) groups is 2. The van der Waals surface area contributed by atoms with Crippen LogP contribution in [0.2, 0.25) is 15.1 Å². The van der Waals surface area contributed by atoms with Gasteiger partial charge in [0, 0.05) is 17.6 Å². The van der Waals surface area contributed by atoms with Gasteiger partial charge in [0.05, 0.1) is 20.6 Å². The summed E-state index contributed by atoms with van der Waals surface area (Å²) in [5, 5.41) is 3.98.